The van der Waals surface area contributed by atoms with Gasteiger partial charge in [0.1, 0.15) is 5.69 Å². The lowest BCUT2D eigenvalue weighted by Gasteiger charge is -2.14. The Balaban J connectivity index is 1.46. The van der Waals surface area contributed by atoms with Crippen molar-refractivity contribution in [2.75, 3.05) is 18.8 Å². The summed E-state index contributed by atoms with van der Waals surface area (Å²) < 4.78 is 34.2. The first-order valence-electron chi connectivity index (χ1n) is 8.48. The summed E-state index contributed by atoms with van der Waals surface area (Å²) >= 11 is 0. The zero-order chi connectivity index (χ0) is 18.1. The molecule has 0 radical (unpaired) electrons. The Kier molecular flexibility index (Phi) is 4.37. The van der Waals surface area contributed by atoms with Gasteiger partial charge in [-0.3, -0.25) is 9.25 Å². The molecule has 1 aromatic carbocycles. The van der Waals surface area contributed by atoms with Crippen LogP contribution in [0.3, 0.4) is 0 Å². The maximum atomic E-state index is 12.3. The van der Waals surface area contributed by atoms with Gasteiger partial charge < -0.3 is 4.42 Å². The van der Waals surface area contributed by atoms with Crippen LogP contribution >= 0.6 is 0 Å². The Bertz CT molecular complexity index is 1080. The molecule has 1 aliphatic heterocycles. The van der Waals surface area contributed by atoms with Gasteiger partial charge in [0.15, 0.2) is 5.58 Å². The zero-order valence-corrected chi connectivity index (χ0v) is 14.9. The fourth-order valence-corrected chi connectivity index (χ4v) is 4.64. The summed E-state index contributed by atoms with van der Waals surface area (Å²) in [4.78, 5) is 12.0. The largest absolute Gasteiger partial charge is 0.420 e. The number of nitrogens with zero attached hydrogens (tertiary/aromatic N) is 5. The van der Waals surface area contributed by atoms with E-state index in [0.29, 0.717) is 29.9 Å². The normalized spacial score (nSPS) is 15.8. The second-order valence-corrected chi connectivity index (χ2v) is 8.41. The molecule has 3 aromatic rings. The van der Waals surface area contributed by atoms with E-state index in [2.05, 4.69) is 10.3 Å². The van der Waals surface area contributed by atoms with Crippen LogP contribution in [0.1, 0.15) is 18.5 Å². The highest BCUT2D eigenvalue weighted by atomic mass is 32.2. The fourth-order valence-electron chi connectivity index (χ4n) is 3.15. The molecule has 1 saturated heterocycles. The molecule has 0 saturated carbocycles. The second kappa shape index (κ2) is 6.69. The zero-order valence-electron chi connectivity index (χ0n) is 14.1. The molecule has 3 heterocycles. The van der Waals surface area contributed by atoms with Crippen molar-refractivity contribution in [3.8, 4) is 0 Å². The highest BCUT2D eigenvalue weighted by Gasteiger charge is 2.25. The van der Waals surface area contributed by atoms with Gasteiger partial charge in [0, 0.05) is 13.1 Å². The van der Waals surface area contributed by atoms with Crippen LogP contribution in [-0.2, 0) is 23.1 Å². The van der Waals surface area contributed by atoms with E-state index in [1.54, 1.807) is 24.4 Å². The molecule has 1 aliphatic rings. The number of hydrogen-bond donors (Lipinski definition) is 0. The van der Waals surface area contributed by atoms with Gasteiger partial charge in [0.2, 0.25) is 10.0 Å². The molecule has 0 bridgehead atoms. The molecule has 0 aliphatic carbocycles. The fraction of sp³-hybridized carbons (Fsp3) is 0.438. The van der Waals surface area contributed by atoms with Crippen molar-refractivity contribution in [2.24, 2.45) is 0 Å². The minimum absolute atomic E-state index is 0.00953. The van der Waals surface area contributed by atoms with Crippen LogP contribution in [0.25, 0.3) is 11.1 Å². The van der Waals surface area contributed by atoms with E-state index in [1.807, 2.05) is 6.07 Å². The third kappa shape index (κ3) is 3.29. The average Bonchev–Trinajstić information content (AvgIpc) is 3.35. The van der Waals surface area contributed by atoms with Crippen LogP contribution in [0.15, 0.2) is 39.7 Å². The number of rotatable bonds is 6. The molecule has 4 rings (SSSR count). The smallest absolute Gasteiger partial charge is 0.408 e. The lowest BCUT2D eigenvalue weighted by molar-refractivity contribution is 0.471. The number of para-hydroxylation sites is 2. The quantitative estimate of drug-likeness (QED) is 0.625. The second-order valence-electron chi connectivity index (χ2n) is 6.32. The van der Waals surface area contributed by atoms with Crippen molar-refractivity contribution < 1.29 is 12.8 Å². The molecule has 9 nitrogen and oxygen atoms in total. The number of aromatic nitrogens is 4. The van der Waals surface area contributed by atoms with E-state index < -0.39 is 15.8 Å². The Morgan fingerprint density at radius 3 is 2.73 bits per heavy atom. The van der Waals surface area contributed by atoms with Crippen LogP contribution in [0.5, 0.6) is 0 Å². The molecular formula is C16H19N5O4S. The Morgan fingerprint density at radius 2 is 1.92 bits per heavy atom. The third-order valence-corrected chi connectivity index (χ3v) is 6.37. The summed E-state index contributed by atoms with van der Waals surface area (Å²) in [6.45, 7) is 1.64. The first-order chi connectivity index (χ1) is 12.5. The Morgan fingerprint density at radius 1 is 1.15 bits per heavy atom. The summed E-state index contributed by atoms with van der Waals surface area (Å²) in [5.41, 5.74) is 1.77. The summed E-state index contributed by atoms with van der Waals surface area (Å²) in [7, 11) is -3.26. The van der Waals surface area contributed by atoms with Crippen LogP contribution in [0.4, 0.5) is 0 Å². The van der Waals surface area contributed by atoms with E-state index in [1.165, 1.54) is 13.6 Å². The van der Waals surface area contributed by atoms with Crippen molar-refractivity contribution in [1.29, 1.82) is 0 Å². The third-order valence-electron chi connectivity index (χ3n) is 4.52. The molecular weight excluding hydrogens is 358 g/mol. The molecule has 0 spiro atoms. The SMILES string of the molecule is O=c1oc2ccccc2n1Cc1cn(CCS(=O)(=O)N2CCCC2)nn1. The molecule has 138 valence electrons. The molecule has 10 heteroatoms. The summed E-state index contributed by atoms with van der Waals surface area (Å²) in [5, 5.41) is 8.01. The topological polar surface area (TPSA) is 103 Å². The Labute approximate surface area is 149 Å². The van der Waals surface area contributed by atoms with Gasteiger partial charge in [-0.2, -0.15) is 0 Å². The first kappa shape index (κ1) is 17.0. The van der Waals surface area contributed by atoms with Crippen molar-refractivity contribution in [3.05, 3.63) is 46.7 Å². The summed E-state index contributed by atoms with van der Waals surface area (Å²) in [5.74, 6) is -0.470. The van der Waals surface area contributed by atoms with Crippen molar-refractivity contribution in [2.45, 2.75) is 25.9 Å². The van der Waals surface area contributed by atoms with E-state index in [0.717, 1.165) is 12.8 Å². The van der Waals surface area contributed by atoms with E-state index >= 15 is 0 Å². The van der Waals surface area contributed by atoms with E-state index in [4.69, 9.17) is 4.42 Å². The highest BCUT2D eigenvalue weighted by Crippen LogP contribution is 2.14. The van der Waals surface area contributed by atoms with E-state index in [-0.39, 0.29) is 18.8 Å². The molecule has 0 atom stereocenters. The summed E-state index contributed by atoms with van der Waals surface area (Å²) in [6, 6.07) is 7.15. The van der Waals surface area contributed by atoms with Crippen LogP contribution in [0, 0.1) is 0 Å². The number of oxazole rings is 1. The maximum absolute atomic E-state index is 12.3. The van der Waals surface area contributed by atoms with Crippen LogP contribution in [0.2, 0.25) is 0 Å². The van der Waals surface area contributed by atoms with Gasteiger partial charge in [-0.1, -0.05) is 17.3 Å². The highest BCUT2D eigenvalue weighted by molar-refractivity contribution is 7.89. The van der Waals surface area contributed by atoms with Gasteiger partial charge in [-0.25, -0.2) is 17.5 Å². The van der Waals surface area contributed by atoms with Gasteiger partial charge in [0.25, 0.3) is 0 Å². The Hall–Kier alpha value is -2.46. The molecule has 0 N–H and O–H groups in total. The van der Waals surface area contributed by atoms with Gasteiger partial charge in [-0.15, -0.1) is 5.10 Å². The number of hydrogen-bond acceptors (Lipinski definition) is 6. The first-order valence-corrected chi connectivity index (χ1v) is 10.1. The molecule has 1 fully saturated rings. The van der Waals surface area contributed by atoms with Gasteiger partial charge >= 0.3 is 5.76 Å². The number of fused-ring (bicyclic) bond motifs is 1. The maximum Gasteiger partial charge on any atom is 0.420 e. The minimum Gasteiger partial charge on any atom is -0.408 e. The molecule has 26 heavy (non-hydrogen) atoms. The standard InChI is InChI=1S/C16H19N5O4S/c22-16-21(14-5-1-2-6-15(14)25-16)12-13-11-19(18-17-13)9-10-26(23,24)20-7-3-4-8-20/h1-2,5-6,11H,3-4,7-10,12H2. The van der Waals surface area contributed by atoms with Gasteiger partial charge in [0.05, 0.1) is 30.6 Å². The predicted octanol–water partition coefficient (Wildman–Crippen LogP) is 0.660. The lowest BCUT2D eigenvalue weighted by atomic mass is 10.3. The number of sulfonamides is 1. The molecule has 0 amide bonds. The summed E-state index contributed by atoms with van der Waals surface area (Å²) in [6.07, 6.45) is 3.49. The van der Waals surface area contributed by atoms with Crippen LogP contribution in [-0.4, -0.2) is 51.1 Å². The molecule has 0 unspecified atom stereocenters. The lowest BCUT2D eigenvalue weighted by Crippen LogP contribution is -2.31. The minimum atomic E-state index is -3.26. The van der Waals surface area contributed by atoms with Gasteiger partial charge in [-0.05, 0) is 25.0 Å². The van der Waals surface area contributed by atoms with Crippen molar-refractivity contribution in [3.63, 3.8) is 0 Å². The van der Waals surface area contributed by atoms with E-state index in [9.17, 15) is 13.2 Å². The average molecular weight is 377 g/mol. The predicted molar refractivity (Wildman–Crippen MR) is 94.2 cm³/mol. The van der Waals surface area contributed by atoms with Crippen molar-refractivity contribution >= 4 is 21.1 Å². The number of benzene rings is 1. The van der Waals surface area contributed by atoms with Crippen molar-refractivity contribution in [1.82, 2.24) is 23.9 Å². The number of aryl methyl sites for hydroxylation is 1. The monoisotopic (exact) mass is 377 g/mol. The van der Waals surface area contributed by atoms with Crippen LogP contribution < -0.4 is 5.76 Å². The molecule has 2 aromatic heterocycles.